The van der Waals surface area contributed by atoms with Crippen molar-refractivity contribution in [2.75, 3.05) is 0 Å². The summed E-state index contributed by atoms with van der Waals surface area (Å²) in [5.41, 5.74) is 0. The second-order valence-electron chi connectivity index (χ2n) is 1.88. The molecule has 0 saturated carbocycles. The lowest BCUT2D eigenvalue weighted by molar-refractivity contribution is -0.156. The quantitative estimate of drug-likeness (QED) is 0.333. The Balaban J connectivity index is 3.78. The number of ether oxygens (including phenoxy) is 1. The first kappa shape index (κ1) is 9.55. The number of ketones is 1. The maximum absolute atomic E-state index is 10.5. The number of carbonyl (C=O) groups excluding carboxylic acids is 3. The van der Waals surface area contributed by atoms with Gasteiger partial charge in [-0.1, -0.05) is 6.58 Å². The van der Waals surface area contributed by atoms with Crippen LogP contribution in [0.1, 0.15) is 13.3 Å². The molecular formula is C7H8O4. The van der Waals surface area contributed by atoms with Crippen LogP contribution in [0.25, 0.3) is 0 Å². The van der Waals surface area contributed by atoms with Crippen molar-refractivity contribution in [1.82, 2.24) is 0 Å². The lowest BCUT2D eigenvalue weighted by atomic mass is 10.3. The van der Waals surface area contributed by atoms with Crippen LogP contribution in [-0.2, 0) is 19.1 Å². The predicted molar refractivity (Wildman–Crippen MR) is 36.6 cm³/mol. The zero-order valence-electron chi connectivity index (χ0n) is 6.12. The lowest BCUT2D eigenvalue weighted by Gasteiger charge is -1.95. The number of rotatable bonds is 3. The first-order valence-corrected chi connectivity index (χ1v) is 2.92. The number of hydrogen-bond donors (Lipinski definition) is 0. The summed E-state index contributed by atoms with van der Waals surface area (Å²) in [5.74, 6) is -2.02. The van der Waals surface area contributed by atoms with Crippen LogP contribution in [0.5, 0.6) is 0 Å². The van der Waals surface area contributed by atoms with Crippen molar-refractivity contribution in [2.45, 2.75) is 13.3 Å². The number of esters is 2. The molecule has 0 spiro atoms. The van der Waals surface area contributed by atoms with E-state index in [0.717, 1.165) is 6.08 Å². The van der Waals surface area contributed by atoms with Gasteiger partial charge in [0.25, 0.3) is 0 Å². The summed E-state index contributed by atoms with van der Waals surface area (Å²) in [6.45, 7) is 4.32. The molecular weight excluding hydrogens is 148 g/mol. The Bertz CT molecular complexity index is 204. The fourth-order valence-corrected chi connectivity index (χ4v) is 0.393. The van der Waals surface area contributed by atoms with Gasteiger partial charge in [-0.05, 0) is 6.92 Å². The SMILES string of the molecule is C=CC(=O)OC(=O)CC(C)=O. The van der Waals surface area contributed by atoms with E-state index >= 15 is 0 Å². The van der Waals surface area contributed by atoms with E-state index in [1.54, 1.807) is 0 Å². The Morgan fingerprint density at radius 2 is 2.00 bits per heavy atom. The molecule has 0 fully saturated rings. The van der Waals surface area contributed by atoms with Crippen LogP contribution >= 0.6 is 0 Å². The molecule has 0 aromatic heterocycles. The fourth-order valence-electron chi connectivity index (χ4n) is 0.393. The van der Waals surface area contributed by atoms with E-state index < -0.39 is 11.9 Å². The van der Waals surface area contributed by atoms with E-state index in [1.165, 1.54) is 6.92 Å². The van der Waals surface area contributed by atoms with E-state index in [0.29, 0.717) is 0 Å². The summed E-state index contributed by atoms with van der Waals surface area (Å²) >= 11 is 0. The van der Waals surface area contributed by atoms with Crippen LogP contribution in [0.3, 0.4) is 0 Å². The highest BCUT2D eigenvalue weighted by Gasteiger charge is 2.08. The second kappa shape index (κ2) is 4.38. The van der Waals surface area contributed by atoms with Crippen molar-refractivity contribution in [3.63, 3.8) is 0 Å². The molecule has 0 radical (unpaired) electrons. The Morgan fingerprint density at radius 1 is 1.45 bits per heavy atom. The average molecular weight is 156 g/mol. The molecule has 4 nitrogen and oxygen atoms in total. The molecule has 0 bridgehead atoms. The van der Waals surface area contributed by atoms with E-state index in [-0.39, 0.29) is 12.2 Å². The molecule has 0 aliphatic carbocycles. The summed E-state index contributed by atoms with van der Waals surface area (Å²) in [4.78, 5) is 31.1. The minimum atomic E-state index is -0.845. The van der Waals surface area contributed by atoms with Gasteiger partial charge >= 0.3 is 11.9 Å². The van der Waals surface area contributed by atoms with Gasteiger partial charge in [0.1, 0.15) is 12.2 Å². The van der Waals surface area contributed by atoms with Crippen LogP contribution in [0.15, 0.2) is 12.7 Å². The largest absolute Gasteiger partial charge is 0.390 e. The van der Waals surface area contributed by atoms with Gasteiger partial charge in [0.15, 0.2) is 0 Å². The predicted octanol–water partition coefficient (Wildman–Crippen LogP) is 0.221. The fraction of sp³-hybridized carbons (Fsp3) is 0.286. The maximum Gasteiger partial charge on any atom is 0.337 e. The maximum atomic E-state index is 10.5. The monoisotopic (exact) mass is 156 g/mol. The molecule has 0 aromatic rings. The highest BCUT2D eigenvalue weighted by atomic mass is 16.6. The molecule has 0 rings (SSSR count). The first-order chi connectivity index (χ1) is 5.06. The van der Waals surface area contributed by atoms with Gasteiger partial charge in [0, 0.05) is 6.08 Å². The van der Waals surface area contributed by atoms with Crippen LogP contribution in [0.2, 0.25) is 0 Å². The van der Waals surface area contributed by atoms with E-state index in [9.17, 15) is 14.4 Å². The van der Waals surface area contributed by atoms with E-state index in [2.05, 4.69) is 11.3 Å². The molecule has 0 aliphatic heterocycles. The smallest absolute Gasteiger partial charge is 0.337 e. The summed E-state index contributed by atoms with van der Waals surface area (Å²) in [5, 5.41) is 0. The molecule has 0 atom stereocenters. The van der Waals surface area contributed by atoms with Crippen molar-refractivity contribution in [3.05, 3.63) is 12.7 Å². The summed E-state index contributed by atoms with van der Waals surface area (Å²) in [7, 11) is 0. The Kier molecular flexibility index (Phi) is 3.80. The van der Waals surface area contributed by atoms with E-state index in [1.807, 2.05) is 0 Å². The average Bonchev–Trinajstić information content (AvgIpc) is 1.85. The third kappa shape index (κ3) is 5.02. The highest BCUT2D eigenvalue weighted by Crippen LogP contribution is 1.88. The van der Waals surface area contributed by atoms with Crippen LogP contribution in [0, 0.1) is 0 Å². The molecule has 0 heterocycles. The number of hydrogen-bond acceptors (Lipinski definition) is 4. The van der Waals surface area contributed by atoms with Gasteiger partial charge in [-0.15, -0.1) is 0 Å². The summed E-state index contributed by atoms with van der Waals surface area (Å²) < 4.78 is 4.09. The van der Waals surface area contributed by atoms with Crippen molar-refractivity contribution >= 4 is 17.7 Å². The van der Waals surface area contributed by atoms with Crippen LogP contribution in [-0.4, -0.2) is 17.7 Å². The van der Waals surface area contributed by atoms with Crippen molar-refractivity contribution in [3.8, 4) is 0 Å². The van der Waals surface area contributed by atoms with Gasteiger partial charge in [-0.3, -0.25) is 9.59 Å². The Morgan fingerprint density at radius 3 is 2.36 bits per heavy atom. The standard InChI is InChI=1S/C7H8O4/c1-3-6(9)11-7(10)4-5(2)8/h3H,1,4H2,2H3. The lowest BCUT2D eigenvalue weighted by Crippen LogP contribution is -2.12. The number of carbonyl (C=O) groups is 3. The Labute approximate surface area is 63.8 Å². The van der Waals surface area contributed by atoms with E-state index in [4.69, 9.17) is 0 Å². The van der Waals surface area contributed by atoms with Crippen LogP contribution < -0.4 is 0 Å². The molecule has 0 amide bonds. The van der Waals surface area contributed by atoms with Gasteiger partial charge in [0.2, 0.25) is 0 Å². The summed E-state index contributed by atoms with van der Waals surface area (Å²) in [6, 6.07) is 0. The van der Waals surface area contributed by atoms with Gasteiger partial charge < -0.3 is 4.74 Å². The molecule has 11 heavy (non-hydrogen) atoms. The molecule has 0 saturated heterocycles. The molecule has 0 aromatic carbocycles. The zero-order chi connectivity index (χ0) is 8.85. The summed E-state index contributed by atoms with van der Waals surface area (Å²) in [6.07, 6.45) is 0.484. The molecule has 4 heteroatoms. The van der Waals surface area contributed by atoms with Crippen molar-refractivity contribution in [2.24, 2.45) is 0 Å². The normalized spacial score (nSPS) is 8.45. The minimum Gasteiger partial charge on any atom is -0.390 e. The van der Waals surface area contributed by atoms with Crippen LogP contribution in [0.4, 0.5) is 0 Å². The van der Waals surface area contributed by atoms with Gasteiger partial charge in [0.05, 0.1) is 0 Å². The Hall–Kier alpha value is -1.45. The highest BCUT2D eigenvalue weighted by molar-refractivity contribution is 6.00. The topological polar surface area (TPSA) is 60.4 Å². The number of Topliss-reactive ketones (excluding diaryl/α,β-unsaturated/α-hetero) is 1. The zero-order valence-corrected chi connectivity index (χ0v) is 6.12. The molecule has 60 valence electrons. The molecule has 0 N–H and O–H groups in total. The second-order valence-corrected chi connectivity index (χ2v) is 1.88. The minimum absolute atomic E-state index is 0.341. The molecule has 0 aliphatic rings. The van der Waals surface area contributed by atoms with Crippen molar-refractivity contribution in [1.29, 1.82) is 0 Å². The molecule has 0 unspecified atom stereocenters. The third-order valence-corrected chi connectivity index (χ3v) is 0.774. The first-order valence-electron chi connectivity index (χ1n) is 2.92. The van der Waals surface area contributed by atoms with Gasteiger partial charge in [-0.2, -0.15) is 0 Å². The third-order valence-electron chi connectivity index (χ3n) is 0.774. The van der Waals surface area contributed by atoms with Crippen molar-refractivity contribution < 1.29 is 19.1 Å². The van der Waals surface area contributed by atoms with Gasteiger partial charge in [-0.25, -0.2) is 4.79 Å².